The van der Waals surface area contributed by atoms with Crippen molar-refractivity contribution >= 4 is 17.5 Å². The molecule has 7 nitrogen and oxygen atoms in total. The number of hydrogen-bond acceptors (Lipinski definition) is 5. The van der Waals surface area contributed by atoms with Crippen molar-refractivity contribution < 1.29 is 24.2 Å². The smallest absolute Gasteiger partial charge is 0.227 e. The minimum atomic E-state index is -0.473. The Balaban J connectivity index is 1.52. The Labute approximate surface area is 165 Å². The number of aliphatic hydroxyl groups is 1. The maximum atomic E-state index is 12.3. The zero-order valence-corrected chi connectivity index (χ0v) is 16.4. The molecule has 0 spiro atoms. The van der Waals surface area contributed by atoms with Crippen molar-refractivity contribution in [1.29, 1.82) is 0 Å². The molecule has 2 amide bonds. The van der Waals surface area contributed by atoms with E-state index in [0.717, 1.165) is 36.3 Å². The number of nitrogens with zero attached hydrogens (tertiary/aromatic N) is 1. The summed E-state index contributed by atoms with van der Waals surface area (Å²) in [6, 6.07) is 5.70. The Bertz CT molecular complexity index is 761. The number of aliphatic hydroxyl groups excluding tert-OH is 1. The van der Waals surface area contributed by atoms with Crippen LogP contribution in [0.25, 0.3) is 0 Å². The van der Waals surface area contributed by atoms with Crippen molar-refractivity contribution in [2.75, 3.05) is 26.0 Å². The van der Waals surface area contributed by atoms with E-state index in [1.165, 1.54) is 0 Å². The topological polar surface area (TPSA) is 88.1 Å². The fourth-order valence-corrected chi connectivity index (χ4v) is 4.26. The van der Waals surface area contributed by atoms with Crippen LogP contribution in [-0.4, -0.2) is 60.8 Å². The van der Waals surface area contributed by atoms with Crippen LogP contribution in [0.3, 0.4) is 0 Å². The first-order valence-electron chi connectivity index (χ1n) is 10.0. The van der Waals surface area contributed by atoms with Gasteiger partial charge in [0.2, 0.25) is 11.8 Å². The Hall–Kier alpha value is -2.12. The van der Waals surface area contributed by atoms with Gasteiger partial charge in [-0.25, -0.2) is 0 Å². The molecule has 2 aliphatic heterocycles. The van der Waals surface area contributed by atoms with E-state index in [9.17, 15) is 14.7 Å². The Kier molecular flexibility index (Phi) is 5.29. The van der Waals surface area contributed by atoms with E-state index in [-0.39, 0.29) is 48.9 Å². The van der Waals surface area contributed by atoms with E-state index < -0.39 is 6.10 Å². The first-order chi connectivity index (χ1) is 13.5. The van der Waals surface area contributed by atoms with Crippen LogP contribution in [0, 0.1) is 5.92 Å². The monoisotopic (exact) mass is 388 g/mol. The van der Waals surface area contributed by atoms with Crippen molar-refractivity contribution in [3.8, 4) is 5.75 Å². The third kappa shape index (κ3) is 3.61. The van der Waals surface area contributed by atoms with Gasteiger partial charge in [0.25, 0.3) is 0 Å². The minimum Gasteiger partial charge on any atom is -0.487 e. The molecule has 28 heavy (non-hydrogen) atoms. The van der Waals surface area contributed by atoms with E-state index in [1.54, 1.807) is 19.0 Å². The number of benzene rings is 1. The molecule has 3 aliphatic rings. The van der Waals surface area contributed by atoms with Crippen LogP contribution in [0.1, 0.15) is 43.6 Å². The van der Waals surface area contributed by atoms with Gasteiger partial charge < -0.3 is 24.8 Å². The highest BCUT2D eigenvalue weighted by Crippen LogP contribution is 2.47. The largest absolute Gasteiger partial charge is 0.487 e. The number of amides is 2. The number of rotatable bonds is 5. The average Bonchev–Trinajstić information content (AvgIpc) is 2.97. The molecule has 1 saturated heterocycles. The summed E-state index contributed by atoms with van der Waals surface area (Å²) < 4.78 is 12.0. The lowest BCUT2D eigenvalue weighted by atomic mass is 9.83. The normalized spacial score (nSPS) is 28.5. The molecule has 7 heteroatoms. The molecule has 4 atom stereocenters. The number of hydrogen-bond donors (Lipinski definition) is 2. The Morgan fingerprint density at radius 1 is 1.29 bits per heavy atom. The van der Waals surface area contributed by atoms with Gasteiger partial charge in [0.15, 0.2) is 0 Å². The third-order valence-corrected chi connectivity index (χ3v) is 6.14. The van der Waals surface area contributed by atoms with Crippen LogP contribution in [0.5, 0.6) is 5.75 Å². The van der Waals surface area contributed by atoms with E-state index in [2.05, 4.69) is 5.32 Å². The standard InChI is InChI=1S/C21H28N2O5/c1-23(2)19(25)10-14-9-16-15-8-13(22-21(26)12-4-3-5-12)6-7-17(15)28-20(16)18(11-24)27-14/h6-8,12,14,16,18,20,24H,3-5,9-11H2,1-2H3,(H,22,26)/t14-,16+,18-,20-/m1/s1. The third-order valence-electron chi connectivity index (χ3n) is 6.14. The van der Waals surface area contributed by atoms with E-state index in [0.29, 0.717) is 6.42 Å². The molecular formula is C21H28N2O5. The predicted octanol–water partition coefficient (Wildman–Crippen LogP) is 1.90. The van der Waals surface area contributed by atoms with Gasteiger partial charge in [-0.3, -0.25) is 9.59 Å². The highest BCUT2D eigenvalue weighted by atomic mass is 16.6. The van der Waals surface area contributed by atoms with Crippen molar-refractivity contribution in [2.24, 2.45) is 5.92 Å². The van der Waals surface area contributed by atoms with E-state index >= 15 is 0 Å². The van der Waals surface area contributed by atoms with Crippen molar-refractivity contribution in [3.05, 3.63) is 23.8 Å². The summed E-state index contributed by atoms with van der Waals surface area (Å²) in [5.74, 6) is 0.998. The summed E-state index contributed by atoms with van der Waals surface area (Å²) in [7, 11) is 3.45. The summed E-state index contributed by atoms with van der Waals surface area (Å²) in [5.41, 5.74) is 1.79. The van der Waals surface area contributed by atoms with Crippen molar-refractivity contribution in [3.63, 3.8) is 0 Å². The van der Waals surface area contributed by atoms with Gasteiger partial charge in [-0.15, -0.1) is 0 Å². The highest BCUT2D eigenvalue weighted by molar-refractivity contribution is 5.93. The summed E-state index contributed by atoms with van der Waals surface area (Å²) in [6.07, 6.45) is 2.95. The molecule has 0 aromatic heterocycles. The number of nitrogens with one attached hydrogen (secondary N) is 1. The molecule has 2 heterocycles. The molecule has 1 aromatic carbocycles. The van der Waals surface area contributed by atoms with Gasteiger partial charge >= 0.3 is 0 Å². The fraction of sp³-hybridized carbons (Fsp3) is 0.619. The van der Waals surface area contributed by atoms with E-state index in [1.807, 2.05) is 18.2 Å². The summed E-state index contributed by atoms with van der Waals surface area (Å²) in [4.78, 5) is 25.9. The summed E-state index contributed by atoms with van der Waals surface area (Å²) >= 11 is 0. The summed E-state index contributed by atoms with van der Waals surface area (Å²) in [6.45, 7) is -0.160. The number of fused-ring (bicyclic) bond motifs is 3. The van der Waals surface area contributed by atoms with Crippen molar-refractivity contribution in [2.45, 2.75) is 56.3 Å². The SMILES string of the molecule is CN(C)C(=O)C[C@H]1C[C@H]2c3cc(NC(=O)C4CCC4)ccc3O[C@H]2[C@@H](CO)O1. The molecular weight excluding hydrogens is 360 g/mol. The van der Waals surface area contributed by atoms with Gasteiger partial charge in [0.05, 0.1) is 19.1 Å². The van der Waals surface area contributed by atoms with E-state index in [4.69, 9.17) is 9.47 Å². The van der Waals surface area contributed by atoms with Gasteiger partial charge in [-0.1, -0.05) is 6.42 Å². The lowest BCUT2D eigenvalue weighted by molar-refractivity contribution is -0.147. The second-order valence-electron chi connectivity index (χ2n) is 8.27. The lowest BCUT2D eigenvalue weighted by Crippen LogP contribution is -2.47. The van der Waals surface area contributed by atoms with Crippen LogP contribution < -0.4 is 10.1 Å². The molecule has 2 N–H and O–H groups in total. The van der Waals surface area contributed by atoms with Crippen LogP contribution >= 0.6 is 0 Å². The van der Waals surface area contributed by atoms with Crippen LogP contribution in [-0.2, 0) is 14.3 Å². The zero-order chi connectivity index (χ0) is 19.8. The second-order valence-corrected chi connectivity index (χ2v) is 8.27. The number of anilines is 1. The van der Waals surface area contributed by atoms with Crippen LogP contribution in [0.4, 0.5) is 5.69 Å². The highest BCUT2D eigenvalue weighted by Gasteiger charge is 2.46. The first-order valence-corrected chi connectivity index (χ1v) is 10.0. The maximum absolute atomic E-state index is 12.3. The second kappa shape index (κ2) is 7.72. The zero-order valence-electron chi connectivity index (χ0n) is 16.4. The molecule has 0 unspecified atom stereocenters. The van der Waals surface area contributed by atoms with Gasteiger partial charge in [0, 0.05) is 37.2 Å². The predicted molar refractivity (Wildman–Crippen MR) is 103 cm³/mol. The van der Waals surface area contributed by atoms with Crippen LogP contribution in [0.2, 0.25) is 0 Å². The summed E-state index contributed by atoms with van der Waals surface area (Å²) in [5, 5.41) is 12.8. The fourth-order valence-electron chi connectivity index (χ4n) is 4.26. The maximum Gasteiger partial charge on any atom is 0.227 e. The lowest BCUT2D eigenvalue weighted by Gasteiger charge is -2.37. The molecule has 0 radical (unpaired) electrons. The van der Waals surface area contributed by atoms with Crippen molar-refractivity contribution in [1.82, 2.24) is 4.90 Å². The average molecular weight is 388 g/mol. The Morgan fingerprint density at radius 2 is 2.07 bits per heavy atom. The molecule has 0 bridgehead atoms. The first kappa shape index (κ1) is 19.2. The molecule has 1 saturated carbocycles. The molecule has 152 valence electrons. The Morgan fingerprint density at radius 3 is 2.71 bits per heavy atom. The molecule has 2 fully saturated rings. The molecule has 1 aliphatic carbocycles. The quantitative estimate of drug-likeness (QED) is 0.804. The number of carbonyl (C=O) groups excluding carboxylic acids is 2. The van der Waals surface area contributed by atoms with Crippen LogP contribution in [0.15, 0.2) is 18.2 Å². The molecule has 4 rings (SSSR count). The van der Waals surface area contributed by atoms with Gasteiger partial charge in [-0.05, 0) is 37.5 Å². The number of carbonyl (C=O) groups is 2. The number of ether oxygens (including phenoxy) is 2. The minimum absolute atomic E-state index is 0.000733. The molecule has 1 aromatic rings. The van der Waals surface area contributed by atoms with Gasteiger partial charge in [-0.2, -0.15) is 0 Å². The van der Waals surface area contributed by atoms with Gasteiger partial charge in [0.1, 0.15) is 18.0 Å².